The molecule has 1 heterocycles. The van der Waals surface area contributed by atoms with Gasteiger partial charge in [0.05, 0.1) is 16.8 Å². The van der Waals surface area contributed by atoms with Crippen molar-refractivity contribution in [1.82, 2.24) is 9.78 Å². The van der Waals surface area contributed by atoms with E-state index in [0.717, 1.165) is 5.69 Å². The SMILES string of the molecule is Cc1cc(NOC(=O)c2ccccc2)n(C(C)(C)C)n1. The number of benzene rings is 1. The summed E-state index contributed by atoms with van der Waals surface area (Å²) >= 11 is 0. The van der Waals surface area contributed by atoms with Crippen LogP contribution in [0.2, 0.25) is 0 Å². The maximum atomic E-state index is 11.9. The Balaban J connectivity index is 2.10. The monoisotopic (exact) mass is 273 g/mol. The van der Waals surface area contributed by atoms with Gasteiger partial charge in [-0.05, 0) is 39.8 Å². The van der Waals surface area contributed by atoms with Crippen molar-refractivity contribution >= 4 is 11.8 Å². The number of nitrogens with zero attached hydrogens (tertiary/aromatic N) is 2. The Bertz CT molecular complexity index is 597. The van der Waals surface area contributed by atoms with Crippen molar-refractivity contribution in [3.8, 4) is 0 Å². The van der Waals surface area contributed by atoms with E-state index in [2.05, 4.69) is 10.6 Å². The van der Waals surface area contributed by atoms with Gasteiger partial charge < -0.3 is 4.84 Å². The van der Waals surface area contributed by atoms with Gasteiger partial charge in [0.1, 0.15) is 0 Å². The standard InChI is InChI=1S/C15H19N3O2/c1-11-10-13(18(16-11)15(2,3)4)17-20-14(19)12-8-6-5-7-9-12/h5-10,17H,1-4H3. The molecule has 106 valence electrons. The predicted molar refractivity (Wildman–Crippen MR) is 77.4 cm³/mol. The number of rotatable bonds is 3. The summed E-state index contributed by atoms with van der Waals surface area (Å²) in [4.78, 5) is 17.0. The van der Waals surface area contributed by atoms with Gasteiger partial charge in [-0.2, -0.15) is 5.10 Å². The van der Waals surface area contributed by atoms with Crippen LogP contribution in [0, 0.1) is 6.92 Å². The zero-order valence-corrected chi connectivity index (χ0v) is 12.2. The molecule has 0 aliphatic carbocycles. The Morgan fingerprint density at radius 3 is 2.50 bits per heavy atom. The largest absolute Gasteiger partial charge is 0.362 e. The van der Waals surface area contributed by atoms with Crippen LogP contribution in [0.3, 0.4) is 0 Å². The third kappa shape index (κ3) is 3.17. The molecule has 2 rings (SSSR count). The Morgan fingerprint density at radius 2 is 1.90 bits per heavy atom. The highest BCUT2D eigenvalue weighted by Gasteiger charge is 2.19. The van der Waals surface area contributed by atoms with Crippen LogP contribution in [-0.2, 0) is 10.4 Å². The molecule has 0 amide bonds. The molecule has 0 saturated carbocycles. The van der Waals surface area contributed by atoms with Gasteiger partial charge in [-0.15, -0.1) is 0 Å². The summed E-state index contributed by atoms with van der Waals surface area (Å²) in [5, 5.41) is 4.40. The van der Waals surface area contributed by atoms with Crippen molar-refractivity contribution in [3.63, 3.8) is 0 Å². The van der Waals surface area contributed by atoms with E-state index in [9.17, 15) is 4.79 Å². The Hall–Kier alpha value is -2.30. The van der Waals surface area contributed by atoms with E-state index in [0.29, 0.717) is 11.4 Å². The molecule has 1 N–H and O–H groups in total. The van der Waals surface area contributed by atoms with Crippen molar-refractivity contribution in [2.75, 3.05) is 5.48 Å². The summed E-state index contributed by atoms with van der Waals surface area (Å²) < 4.78 is 1.79. The third-order valence-electron chi connectivity index (χ3n) is 2.72. The molecule has 0 aliphatic rings. The minimum atomic E-state index is -0.426. The van der Waals surface area contributed by atoms with Gasteiger partial charge in [-0.25, -0.2) is 15.0 Å². The van der Waals surface area contributed by atoms with Gasteiger partial charge >= 0.3 is 5.97 Å². The van der Waals surface area contributed by atoms with Gasteiger partial charge in [0, 0.05) is 6.07 Å². The molecule has 1 aromatic heterocycles. The van der Waals surface area contributed by atoms with E-state index in [4.69, 9.17) is 4.84 Å². The van der Waals surface area contributed by atoms with Crippen LogP contribution >= 0.6 is 0 Å². The first-order valence-electron chi connectivity index (χ1n) is 6.47. The number of aryl methyl sites for hydroxylation is 1. The van der Waals surface area contributed by atoms with Crippen LogP contribution in [-0.4, -0.2) is 15.7 Å². The summed E-state index contributed by atoms with van der Waals surface area (Å²) in [5.74, 6) is 0.226. The molecule has 0 radical (unpaired) electrons. The normalized spacial score (nSPS) is 11.2. The number of carbonyl (C=O) groups excluding carboxylic acids is 1. The summed E-state index contributed by atoms with van der Waals surface area (Å²) in [6.07, 6.45) is 0. The number of hydrogen-bond acceptors (Lipinski definition) is 4. The molecule has 0 atom stereocenters. The second-order valence-electron chi connectivity index (χ2n) is 5.61. The lowest BCUT2D eigenvalue weighted by Gasteiger charge is -2.22. The van der Waals surface area contributed by atoms with E-state index in [1.54, 1.807) is 28.9 Å². The first-order chi connectivity index (χ1) is 9.38. The minimum absolute atomic E-state index is 0.199. The van der Waals surface area contributed by atoms with E-state index in [-0.39, 0.29) is 5.54 Å². The van der Waals surface area contributed by atoms with Crippen molar-refractivity contribution in [1.29, 1.82) is 0 Å². The van der Waals surface area contributed by atoms with Gasteiger partial charge in [0.15, 0.2) is 5.82 Å². The molecule has 2 aromatic rings. The van der Waals surface area contributed by atoms with Gasteiger partial charge in [0.25, 0.3) is 0 Å². The van der Waals surface area contributed by atoms with E-state index in [1.165, 1.54) is 0 Å². The molecule has 0 fully saturated rings. The first-order valence-corrected chi connectivity index (χ1v) is 6.47. The summed E-state index contributed by atoms with van der Waals surface area (Å²) in [5.41, 5.74) is 3.85. The van der Waals surface area contributed by atoms with E-state index >= 15 is 0 Å². The second-order valence-corrected chi connectivity index (χ2v) is 5.61. The fraction of sp³-hybridized carbons (Fsp3) is 0.333. The fourth-order valence-corrected chi connectivity index (χ4v) is 1.82. The lowest BCUT2D eigenvalue weighted by molar-refractivity contribution is 0.0591. The molecule has 0 saturated heterocycles. The first kappa shape index (κ1) is 14.1. The fourth-order valence-electron chi connectivity index (χ4n) is 1.82. The third-order valence-corrected chi connectivity index (χ3v) is 2.72. The molecule has 5 heteroatoms. The highest BCUT2D eigenvalue weighted by molar-refractivity contribution is 5.89. The maximum Gasteiger partial charge on any atom is 0.362 e. The van der Waals surface area contributed by atoms with Crippen LogP contribution in [0.25, 0.3) is 0 Å². The molecular weight excluding hydrogens is 254 g/mol. The van der Waals surface area contributed by atoms with Crippen LogP contribution in [0.4, 0.5) is 5.82 Å². The van der Waals surface area contributed by atoms with Crippen molar-refractivity contribution in [2.45, 2.75) is 33.2 Å². The van der Waals surface area contributed by atoms with Crippen LogP contribution in [0.1, 0.15) is 36.8 Å². The average Bonchev–Trinajstić information content (AvgIpc) is 2.78. The quantitative estimate of drug-likeness (QED) is 0.873. The topological polar surface area (TPSA) is 56.1 Å². The average molecular weight is 273 g/mol. The number of aromatic nitrogens is 2. The molecule has 0 unspecified atom stereocenters. The van der Waals surface area contributed by atoms with Crippen molar-refractivity contribution < 1.29 is 9.63 Å². The second kappa shape index (κ2) is 5.36. The highest BCUT2D eigenvalue weighted by Crippen LogP contribution is 2.21. The molecule has 0 aliphatic heterocycles. The zero-order chi connectivity index (χ0) is 14.8. The molecule has 5 nitrogen and oxygen atoms in total. The predicted octanol–water partition coefficient (Wildman–Crippen LogP) is 3.13. The number of anilines is 1. The van der Waals surface area contributed by atoms with Crippen LogP contribution in [0.15, 0.2) is 36.4 Å². The molecule has 1 aromatic carbocycles. The highest BCUT2D eigenvalue weighted by atomic mass is 16.7. The Kier molecular flexibility index (Phi) is 3.79. The number of hydrogen-bond donors (Lipinski definition) is 1. The molecular formula is C15H19N3O2. The lowest BCUT2D eigenvalue weighted by Crippen LogP contribution is -2.26. The minimum Gasteiger partial charge on any atom is -0.336 e. The summed E-state index contributed by atoms with van der Waals surface area (Å²) in [6.45, 7) is 7.99. The number of carbonyl (C=O) groups is 1. The van der Waals surface area contributed by atoms with Gasteiger partial charge in [-0.1, -0.05) is 18.2 Å². The molecule has 20 heavy (non-hydrogen) atoms. The van der Waals surface area contributed by atoms with Gasteiger partial charge in [0.2, 0.25) is 0 Å². The van der Waals surface area contributed by atoms with Crippen molar-refractivity contribution in [3.05, 3.63) is 47.7 Å². The summed E-state index contributed by atoms with van der Waals surface area (Å²) in [6, 6.07) is 10.7. The maximum absolute atomic E-state index is 11.9. The van der Waals surface area contributed by atoms with Gasteiger partial charge in [-0.3, -0.25) is 0 Å². The Morgan fingerprint density at radius 1 is 1.25 bits per heavy atom. The van der Waals surface area contributed by atoms with Crippen LogP contribution < -0.4 is 5.48 Å². The van der Waals surface area contributed by atoms with E-state index in [1.807, 2.05) is 39.8 Å². The Labute approximate surface area is 118 Å². The van der Waals surface area contributed by atoms with E-state index < -0.39 is 5.97 Å². The molecule has 0 bridgehead atoms. The molecule has 0 spiro atoms. The smallest absolute Gasteiger partial charge is 0.336 e. The zero-order valence-electron chi connectivity index (χ0n) is 12.2. The summed E-state index contributed by atoms with van der Waals surface area (Å²) in [7, 11) is 0. The lowest BCUT2D eigenvalue weighted by atomic mass is 10.1. The van der Waals surface area contributed by atoms with Crippen LogP contribution in [0.5, 0.6) is 0 Å². The number of nitrogens with one attached hydrogen (secondary N) is 1. The van der Waals surface area contributed by atoms with Crippen molar-refractivity contribution in [2.24, 2.45) is 0 Å².